The van der Waals surface area contributed by atoms with E-state index in [2.05, 4.69) is 11.2 Å². The SMILES string of the molecule is Cc1cc(C)cc(OCn2ccc(C(=O)N3C[C@@H](C)O[C@@H](C)C3)n2)c1. The summed E-state index contributed by atoms with van der Waals surface area (Å²) in [5.41, 5.74) is 2.74. The van der Waals surface area contributed by atoms with Crippen molar-refractivity contribution in [2.75, 3.05) is 13.1 Å². The minimum atomic E-state index is -0.0628. The highest BCUT2D eigenvalue weighted by Crippen LogP contribution is 2.17. The van der Waals surface area contributed by atoms with Crippen LogP contribution in [0.15, 0.2) is 30.5 Å². The maximum Gasteiger partial charge on any atom is 0.274 e. The Labute approximate surface area is 148 Å². The van der Waals surface area contributed by atoms with Crippen LogP contribution in [0.1, 0.15) is 35.5 Å². The topological polar surface area (TPSA) is 56.6 Å². The van der Waals surface area contributed by atoms with Crippen molar-refractivity contribution in [1.82, 2.24) is 14.7 Å². The van der Waals surface area contributed by atoms with Gasteiger partial charge < -0.3 is 14.4 Å². The number of benzene rings is 1. The van der Waals surface area contributed by atoms with Crippen LogP contribution in [0.4, 0.5) is 0 Å². The molecule has 0 N–H and O–H groups in total. The average Bonchev–Trinajstić information content (AvgIpc) is 2.99. The third-order valence-corrected chi connectivity index (χ3v) is 4.13. The van der Waals surface area contributed by atoms with E-state index in [9.17, 15) is 4.79 Å². The molecule has 3 rings (SSSR count). The average molecular weight is 343 g/mol. The molecular formula is C19H25N3O3. The molecular weight excluding hydrogens is 318 g/mol. The number of amides is 1. The molecule has 1 aliphatic rings. The summed E-state index contributed by atoms with van der Waals surface area (Å²) in [6.45, 7) is 9.48. The first-order chi connectivity index (χ1) is 11.9. The second kappa shape index (κ2) is 7.27. The van der Waals surface area contributed by atoms with Gasteiger partial charge in [-0.15, -0.1) is 0 Å². The van der Waals surface area contributed by atoms with E-state index < -0.39 is 0 Å². The number of ether oxygens (including phenoxy) is 2. The van der Waals surface area contributed by atoms with Crippen molar-refractivity contribution >= 4 is 5.91 Å². The first-order valence-corrected chi connectivity index (χ1v) is 8.60. The lowest BCUT2D eigenvalue weighted by molar-refractivity contribution is -0.0587. The van der Waals surface area contributed by atoms with Crippen LogP contribution in [0.3, 0.4) is 0 Å². The number of aromatic nitrogens is 2. The van der Waals surface area contributed by atoms with Crippen LogP contribution in [0.25, 0.3) is 0 Å². The number of nitrogens with zero attached hydrogens (tertiary/aromatic N) is 3. The number of aryl methyl sites for hydroxylation is 2. The van der Waals surface area contributed by atoms with Crippen LogP contribution in [-0.2, 0) is 11.5 Å². The highest BCUT2D eigenvalue weighted by atomic mass is 16.5. The van der Waals surface area contributed by atoms with Crippen molar-refractivity contribution in [2.45, 2.75) is 46.6 Å². The van der Waals surface area contributed by atoms with Gasteiger partial charge in [0.1, 0.15) is 5.75 Å². The van der Waals surface area contributed by atoms with Gasteiger partial charge in [-0.3, -0.25) is 4.79 Å². The molecule has 134 valence electrons. The van der Waals surface area contributed by atoms with Gasteiger partial charge in [-0.2, -0.15) is 5.10 Å². The van der Waals surface area contributed by atoms with Crippen LogP contribution in [0, 0.1) is 13.8 Å². The van der Waals surface area contributed by atoms with E-state index in [0.29, 0.717) is 18.8 Å². The van der Waals surface area contributed by atoms with Gasteiger partial charge in [0.15, 0.2) is 12.4 Å². The smallest absolute Gasteiger partial charge is 0.274 e. The lowest BCUT2D eigenvalue weighted by Gasteiger charge is -2.34. The van der Waals surface area contributed by atoms with Crippen LogP contribution in [0.5, 0.6) is 5.75 Å². The number of rotatable bonds is 4. The van der Waals surface area contributed by atoms with Gasteiger partial charge in [0, 0.05) is 19.3 Å². The van der Waals surface area contributed by atoms with Crippen molar-refractivity contribution in [3.8, 4) is 5.75 Å². The molecule has 6 nitrogen and oxygen atoms in total. The van der Waals surface area contributed by atoms with Gasteiger partial charge in [0.25, 0.3) is 5.91 Å². The van der Waals surface area contributed by atoms with Crippen molar-refractivity contribution < 1.29 is 14.3 Å². The lowest BCUT2D eigenvalue weighted by atomic mass is 10.1. The lowest BCUT2D eigenvalue weighted by Crippen LogP contribution is -2.48. The summed E-state index contributed by atoms with van der Waals surface area (Å²) in [4.78, 5) is 14.4. The molecule has 0 bridgehead atoms. The van der Waals surface area contributed by atoms with E-state index in [1.165, 1.54) is 0 Å². The fraction of sp³-hybridized carbons (Fsp3) is 0.474. The van der Waals surface area contributed by atoms with Crippen molar-refractivity contribution in [3.63, 3.8) is 0 Å². The summed E-state index contributed by atoms with van der Waals surface area (Å²) in [5, 5.41) is 4.36. The number of morpholine rings is 1. The molecule has 0 spiro atoms. The molecule has 1 aromatic carbocycles. The number of hydrogen-bond donors (Lipinski definition) is 0. The molecule has 0 aliphatic carbocycles. The second-order valence-corrected chi connectivity index (χ2v) is 6.80. The Bertz CT molecular complexity index is 726. The molecule has 0 unspecified atom stereocenters. The Morgan fingerprint density at radius 2 is 1.84 bits per heavy atom. The normalized spacial score (nSPS) is 20.6. The fourth-order valence-corrected chi connectivity index (χ4v) is 3.21. The Morgan fingerprint density at radius 1 is 1.20 bits per heavy atom. The number of carbonyl (C=O) groups excluding carboxylic acids is 1. The Morgan fingerprint density at radius 3 is 2.48 bits per heavy atom. The van der Waals surface area contributed by atoms with E-state index in [4.69, 9.17) is 9.47 Å². The van der Waals surface area contributed by atoms with Gasteiger partial charge >= 0.3 is 0 Å². The van der Waals surface area contributed by atoms with Gasteiger partial charge in [-0.1, -0.05) is 6.07 Å². The minimum Gasteiger partial charge on any atom is -0.471 e. The van der Waals surface area contributed by atoms with E-state index in [-0.39, 0.29) is 24.8 Å². The Balaban J connectivity index is 1.62. The molecule has 2 atom stereocenters. The van der Waals surface area contributed by atoms with E-state index >= 15 is 0 Å². The summed E-state index contributed by atoms with van der Waals surface area (Å²) < 4.78 is 13.1. The van der Waals surface area contributed by atoms with E-state index in [1.54, 1.807) is 21.8 Å². The highest BCUT2D eigenvalue weighted by molar-refractivity contribution is 5.92. The predicted molar refractivity (Wildman–Crippen MR) is 94.7 cm³/mol. The second-order valence-electron chi connectivity index (χ2n) is 6.80. The van der Waals surface area contributed by atoms with Gasteiger partial charge in [-0.25, -0.2) is 4.68 Å². The summed E-state index contributed by atoms with van der Waals surface area (Å²) in [6.07, 6.45) is 1.86. The van der Waals surface area contributed by atoms with Gasteiger partial charge in [-0.05, 0) is 57.0 Å². The zero-order chi connectivity index (χ0) is 18.0. The number of hydrogen-bond acceptors (Lipinski definition) is 4. The van der Waals surface area contributed by atoms with Crippen LogP contribution < -0.4 is 4.74 Å². The molecule has 6 heteroatoms. The largest absolute Gasteiger partial charge is 0.471 e. The monoisotopic (exact) mass is 343 g/mol. The van der Waals surface area contributed by atoms with Crippen LogP contribution in [0.2, 0.25) is 0 Å². The third kappa shape index (κ3) is 4.39. The molecule has 1 amide bonds. The highest BCUT2D eigenvalue weighted by Gasteiger charge is 2.27. The molecule has 1 saturated heterocycles. The summed E-state index contributed by atoms with van der Waals surface area (Å²) in [6, 6.07) is 7.80. The molecule has 1 aromatic heterocycles. The summed E-state index contributed by atoms with van der Waals surface area (Å²) in [5.74, 6) is 0.740. The Kier molecular flexibility index (Phi) is 5.08. The minimum absolute atomic E-state index is 0.0441. The summed E-state index contributed by atoms with van der Waals surface area (Å²) >= 11 is 0. The predicted octanol–water partition coefficient (Wildman–Crippen LogP) is 2.79. The van der Waals surface area contributed by atoms with Gasteiger partial charge in [0.05, 0.1) is 12.2 Å². The van der Waals surface area contributed by atoms with Crippen molar-refractivity contribution in [2.24, 2.45) is 0 Å². The molecule has 25 heavy (non-hydrogen) atoms. The Hall–Kier alpha value is -2.34. The molecule has 2 heterocycles. The van der Waals surface area contributed by atoms with Crippen LogP contribution in [-0.4, -0.2) is 45.9 Å². The maximum absolute atomic E-state index is 12.6. The summed E-state index contributed by atoms with van der Waals surface area (Å²) in [7, 11) is 0. The molecule has 0 radical (unpaired) electrons. The molecule has 1 fully saturated rings. The first-order valence-electron chi connectivity index (χ1n) is 8.60. The van der Waals surface area contributed by atoms with E-state index in [1.807, 2.05) is 39.8 Å². The van der Waals surface area contributed by atoms with Crippen molar-refractivity contribution in [3.05, 3.63) is 47.3 Å². The molecule has 2 aromatic rings. The third-order valence-electron chi connectivity index (χ3n) is 4.13. The van der Waals surface area contributed by atoms with Crippen LogP contribution >= 0.6 is 0 Å². The zero-order valence-corrected chi connectivity index (χ0v) is 15.2. The zero-order valence-electron chi connectivity index (χ0n) is 15.2. The first kappa shape index (κ1) is 17.5. The fourth-order valence-electron chi connectivity index (χ4n) is 3.21. The molecule has 0 saturated carbocycles. The standard InChI is InChI=1S/C19H25N3O3/c1-13-7-14(2)9-17(8-13)24-12-22-6-5-18(20-22)19(23)21-10-15(3)25-16(4)11-21/h5-9,15-16H,10-12H2,1-4H3/t15-,16+. The van der Waals surface area contributed by atoms with Crippen molar-refractivity contribution in [1.29, 1.82) is 0 Å². The van der Waals surface area contributed by atoms with Gasteiger partial charge in [0.2, 0.25) is 0 Å². The quantitative estimate of drug-likeness (QED) is 0.857. The molecule has 1 aliphatic heterocycles. The number of carbonyl (C=O) groups is 1. The van der Waals surface area contributed by atoms with E-state index in [0.717, 1.165) is 16.9 Å². The maximum atomic E-state index is 12.6.